The number of carbonyl (C=O) groups excluding carboxylic acids is 3. The van der Waals surface area contributed by atoms with E-state index in [0.29, 0.717) is 18.4 Å². The maximum absolute atomic E-state index is 13.8. The van der Waals surface area contributed by atoms with E-state index < -0.39 is 17.5 Å². The molecule has 0 unspecified atom stereocenters. The van der Waals surface area contributed by atoms with Gasteiger partial charge in [0.05, 0.1) is 18.2 Å². The summed E-state index contributed by atoms with van der Waals surface area (Å²) in [5, 5.41) is 5.32. The van der Waals surface area contributed by atoms with Crippen LogP contribution in [0.25, 0.3) is 0 Å². The monoisotopic (exact) mass is 473 g/mol. The molecule has 3 amide bonds. The van der Waals surface area contributed by atoms with Gasteiger partial charge in [-0.25, -0.2) is 8.78 Å². The normalized spacial score (nSPS) is 15.1. The number of amides is 3. The van der Waals surface area contributed by atoms with Gasteiger partial charge in [0.25, 0.3) is 5.91 Å². The average molecular weight is 474 g/mol. The van der Waals surface area contributed by atoms with E-state index in [2.05, 4.69) is 10.6 Å². The fraction of sp³-hybridized carbons (Fsp3) is 0.400. The fourth-order valence-electron chi connectivity index (χ4n) is 3.75. The van der Waals surface area contributed by atoms with Crippen molar-refractivity contribution in [2.45, 2.75) is 39.2 Å². The van der Waals surface area contributed by atoms with Gasteiger partial charge in [0.15, 0.2) is 0 Å². The summed E-state index contributed by atoms with van der Waals surface area (Å²) in [6.45, 7) is 4.51. The zero-order chi connectivity index (χ0) is 24.7. The lowest BCUT2D eigenvalue weighted by Gasteiger charge is -2.25. The number of anilines is 1. The Morgan fingerprint density at radius 1 is 1.15 bits per heavy atom. The van der Waals surface area contributed by atoms with E-state index in [9.17, 15) is 23.2 Å². The van der Waals surface area contributed by atoms with Crippen LogP contribution in [0.15, 0.2) is 36.4 Å². The quantitative estimate of drug-likeness (QED) is 0.585. The van der Waals surface area contributed by atoms with Crippen LogP contribution >= 0.6 is 0 Å². The third-order valence-electron chi connectivity index (χ3n) is 5.81. The highest BCUT2D eigenvalue weighted by molar-refractivity contribution is 5.96. The van der Waals surface area contributed by atoms with Gasteiger partial charge >= 0.3 is 0 Å². The van der Waals surface area contributed by atoms with Gasteiger partial charge in [-0.05, 0) is 56.0 Å². The maximum Gasteiger partial charge on any atom is 0.254 e. The van der Waals surface area contributed by atoms with Crippen molar-refractivity contribution in [3.8, 4) is 0 Å². The first-order valence-corrected chi connectivity index (χ1v) is 11.2. The molecule has 7 nitrogen and oxygen atoms in total. The zero-order valence-corrected chi connectivity index (χ0v) is 19.3. The number of ether oxygens (including phenoxy) is 1. The van der Waals surface area contributed by atoms with Crippen LogP contribution in [0, 0.1) is 25.5 Å². The highest BCUT2D eigenvalue weighted by Crippen LogP contribution is 2.18. The number of hydrogen-bond acceptors (Lipinski definition) is 4. The molecule has 3 rings (SSSR count). The first-order valence-electron chi connectivity index (χ1n) is 11.2. The Kier molecular flexibility index (Phi) is 8.70. The van der Waals surface area contributed by atoms with Crippen LogP contribution in [0.3, 0.4) is 0 Å². The number of halogens is 2. The zero-order valence-electron chi connectivity index (χ0n) is 19.3. The molecule has 1 atom stereocenters. The Bertz CT molecular complexity index is 1050. The summed E-state index contributed by atoms with van der Waals surface area (Å²) in [5.41, 5.74) is 2.36. The summed E-state index contributed by atoms with van der Waals surface area (Å²) in [6.07, 6.45) is 1.45. The minimum absolute atomic E-state index is 0.0604. The van der Waals surface area contributed by atoms with E-state index in [1.165, 1.54) is 4.90 Å². The summed E-state index contributed by atoms with van der Waals surface area (Å²) in [7, 11) is 0. The van der Waals surface area contributed by atoms with Crippen molar-refractivity contribution in [2.24, 2.45) is 0 Å². The van der Waals surface area contributed by atoms with E-state index in [1.54, 1.807) is 6.07 Å². The van der Waals surface area contributed by atoms with Crippen LogP contribution < -0.4 is 10.6 Å². The van der Waals surface area contributed by atoms with Crippen molar-refractivity contribution in [3.63, 3.8) is 0 Å². The van der Waals surface area contributed by atoms with Gasteiger partial charge < -0.3 is 20.3 Å². The van der Waals surface area contributed by atoms with Gasteiger partial charge in [-0.15, -0.1) is 0 Å². The van der Waals surface area contributed by atoms with Crippen molar-refractivity contribution < 1.29 is 27.9 Å². The SMILES string of the molecule is Cc1cccc(NC(=O)CN(C[C@@H]2CCCO2)C(=O)CCNC(=O)c2ccc(F)cc2F)c1C. The van der Waals surface area contributed by atoms with Gasteiger partial charge in [-0.2, -0.15) is 0 Å². The first-order chi connectivity index (χ1) is 16.2. The lowest BCUT2D eigenvalue weighted by molar-refractivity contribution is -0.136. The highest BCUT2D eigenvalue weighted by Gasteiger charge is 2.25. The summed E-state index contributed by atoms with van der Waals surface area (Å²) in [5.74, 6) is -3.19. The third-order valence-corrected chi connectivity index (χ3v) is 5.81. The maximum atomic E-state index is 13.8. The highest BCUT2D eigenvalue weighted by atomic mass is 19.1. The fourth-order valence-corrected chi connectivity index (χ4v) is 3.75. The molecule has 2 aromatic rings. The summed E-state index contributed by atoms with van der Waals surface area (Å²) >= 11 is 0. The molecule has 2 aromatic carbocycles. The number of nitrogens with one attached hydrogen (secondary N) is 2. The second-order valence-corrected chi connectivity index (χ2v) is 8.34. The van der Waals surface area contributed by atoms with Crippen LogP contribution in [0.4, 0.5) is 14.5 Å². The number of aryl methyl sites for hydroxylation is 1. The molecule has 2 N–H and O–H groups in total. The Labute approximate surface area is 197 Å². The molecular formula is C25H29F2N3O4. The number of hydrogen-bond donors (Lipinski definition) is 2. The average Bonchev–Trinajstić information content (AvgIpc) is 3.29. The van der Waals surface area contributed by atoms with Crippen LogP contribution in [0.5, 0.6) is 0 Å². The molecule has 1 saturated heterocycles. The predicted molar refractivity (Wildman–Crippen MR) is 123 cm³/mol. The molecule has 9 heteroatoms. The van der Waals surface area contributed by atoms with Crippen LogP contribution in [-0.2, 0) is 14.3 Å². The molecule has 0 spiro atoms. The standard InChI is InChI=1S/C25H29F2N3O4/c1-16-5-3-7-22(17(16)2)29-23(31)15-30(14-19-6-4-12-34-19)24(32)10-11-28-25(33)20-9-8-18(26)13-21(20)27/h3,5,7-9,13,19H,4,6,10-12,14-15H2,1-2H3,(H,28,33)(H,29,31)/t19-/m0/s1. The van der Waals surface area contributed by atoms with Gasteiger partial charge in [-0.1, -0.05) is 12.1 Å². The summed E-state index contributed by atoms with van der Waals surface area (Å²) < 4.78 is 32.5. The lowest BCUT2D eigenvalue weighted by atomic mass is 10.1. The molecule has 0 radical (unpaired) electrons. The molecule has 1 aliphatic rings. The Morgan fingerprint density at radius 3 is 2.65 bits per heavy atom. The van der Waals surface area contributed by atoms with E-state index in [4.69, 9.17) is 4.74 Å². The largest absolute Gasteiger partial charge is 0.376 e. The van der Waals surface area contributed by atoms with Crippen molar-refractivity contribution in [1.29, 1.82) is 0 Å². The number of carbonyl (C=O) groups is 3. The van der Waals surface area contributed by atoms with Gasteiger partial charge in [0, 0.05) is 37.9 Å². The Hall–Kier alpha value is -3.33. The predicted octanol–water partition coefficient (Wildman–Crippen LogP) is 3.35. The smallest absolute Gasteiger partial charge is 0.254 e. The second-order valence-electron chi connectivity index (χ2n) is 8.34. The minimum Gasteiger partial charge on any atom is -0.376 e. The van der Waals surface area contributed by atoms with E-state index in [-0.39, 0.29) is 49.5 Å². The van der Waals surface area contributed by atoms with Gasteiger partial charge in [0.2, 0.25) is 11.8 Å². The number of rotatable bonds is 9. The minimum atomic E-state index is -0.980. The van der Waals surface area contributed by atoms with E-state index in [0.717, 1.165) is 36.1 Å². The van der Waals surface area contributed by atoms with Crippen molar-refractivity contribution in [3.05, 3.63) is 64.7 Å². The molecule has 0 aliphatic carbocycles. The van der Waals surface area contributed by atoms with Crippen LogP contribution in [0.1, 0.15) is 40.7 Å². The van der Waals surface area contributed by atoms with Crippen LogP contribution in [0.2, 0.25) is 0 Å². The summed E-state index contributed by atoms with van der Waals surface area (Å²) in [4.78, 5) is 39.2. The number of nitrogens with zero attached hydrogens (tertiary/aromatic N) is 1. The molecular weight excluding hydrogens is 444 g/mol. The Balaban J connectivity index is 1.58. The van der Waals surface area contributed by atoms with E-state index in [1.807, 2.05) is 26.0 Å². The molecule has 0 bridgehead atoms. The van der Waals surface area contributed by atoms with Crippen molar-refractivity contribution in [1.82, 2.24) is 10.2 Å². The van der Waals surface area contributed by atoms with Gasteiger partial charge in [0.1, 0.15) is 11.6 Å². The van der Waals surface area contributed by atoms with Crippen molar-refractivity contribution in [2.75, 3.05) is 31.6 Å². The van der Waals surface area contributed by atoms with E-state index >= 15 is 0 Å². The molecule has 1 aliphatic heterocycles. The number of benzene rings is 2. The Morgan fingerprint density at radius 2 is 1.94 bits per heavy atom. The molecule has 182 valence electrons. The summed E-state index contributed by atoms with van der Waals surface area (Å²) in [6, 6.07) is 8.25. The second kappa shape index (κ2) is 11.7. The molecule has 1 fully saturated rings. The third kappa shape index (κ3) is 6.84. The molecule has 34 heavy (non-hydrogen) atoms. The topological polar surface area (TPSA) is 87.7 Å². The van der Waals surface area contributed by atoms with Crippen LogP contribution in [-0.4, -0.2) is 55.0 Å². The van der Waals surface area contributed by atoms with Gasteiger partial charge in [-0.3, -0.25) is 14.4 Å². The lowest BCUT2D eigenvalue weighted by Crippen LogP contribution is -2.43. The molecule has 0 saturated carbocycles. The molecule has 1 heterocycles. The molecule has 0 aromatic heterocycles. The first kappa shape index (κ1) is 25.3. The van der Waals surface area contributed by atoms with Crippen molar-refractivity contribution >= 4 is 23.4 Å².